The third kappa shape index (κ3) is 2.69. The van der Waals surface area contributed by atoms with Crippen LogP contribution >= 0.6 is 0 Å². The number of nitrogens with two attached hydrogens (primary N) is 1. The zero-order chi connectivity index (χ0) is 9.90. The van der Waals surface area contributed by atoms with Crippen LogP contribution in [-0.4, -0.2) is 19.0 Å². The van der Waals surface area contributed by atoms with Gasteiger partial charge < -0.3 is 11.1 Å². The third-order valence-corrected chi connectivity index (χ3v) is 3.14. The molecular weight excluding hydrogens is 164 g/mol. The highest BCUT2D eigenvalue weighted by molar-refractivity contribution is 5.77. The molecule has 1 rings (SSSR count). The van der Waals surface area contributed by atoms with Gasteiger partial charge in [-0.1, -0.05) is 20.3 Å². The second-order valence-corrected chi connectivity index (χ2v) is 4.60. The summed E-state index contributed by atoms with van der Waals surface area (Å²) in [5.74, 6) is 0.734. The summed E-state index contributed by atoms with van der Waals surface area (Å²) in [6.07, 6.45) is 3.97. The monoisotopic (exact) mass is 184 g/mol. The van der Waals surface area contributed by atoms with Crippen molar-refractivity contribution in [1.82, 2.24) is 5.32 Å². The van der Waals surface area contributed by atoms with Crippen molar-refractivity contribution in [3.05, 3.63) is 0 Å². The van der Waals surface area contributed by atoms with Gasteiger partial charge >= 0.3 is 0 Å². The Kier molecular flexibility index (Phi) is 3.31. The molecule has 3 nitrogen and oxygen atoms in total. The van der Waals surface area contributed by atoms with Gasteiger partial charge in [0.05, 0.1) is 6.54 Å². The Balaban J connectivity index is 2.28. The van der Waals surface area contributed by atoms with Gasteiger partial charge in [0.1, 0.15) is 0 Å². The van der Waals surface area contributed by atoms with Gasteiger partial charge in [-0.25, -0.2) is 0 Å². The van der Waals surface area contributed by atoms with Gasteiger partial charge in [0.15, 0.2) is 0 Å². The smallest absolute Gasteiger partial charge is 0.233 e. The van der Waals surface area contributed by atoms with Crippen molar-refractivity contribution in [3.63, 3.8) is 0 Å². The van der Waals surface area contributed by atoms with Gasteiger partial charge in [0, 0.05) is 6.54 Å². The van der Waals surface area contributed by atoms with Crippen molar-refractivity contribution >= 4 is 5.91 Å². The van der Waals surface area contributed by atoms with Crippen LogP contribution in [0.25, 0.3) is 0 Å². The fourth-order valence-electron chi connectivity index (χ4n) is 1.73. The molecule has 0 bridgehead atoms. The highest BCUT2D eigenvalue weighted by Crippen LogP contribution is 2.40. The van der Waals surface area contributed by atoms with E-state index in [0.717, 1.165) is 12.5 Å². The van der Waals surface area contributed by atoms with Crippen molar-refractivity contribution in [2.45, 2.75) is 33.1 Å². The van der Waals surface area contributed by atoms with Crippen LogP contribution in [0.15, 0.2) is 0 Å². The number of amides is 1. The number of carbonyl (C=O) groups excluding carboxylic acids is 1. The second-order valence-electron chi connectivity index (χ2n) is 4.60. The van der Waals surface area contributed by atoms with Crippen LogP contribution in [0, 0.1) is 11.3 Å². The van der Waals surface area contributed by atoms with Crippen molar-refractivity contribution in [1.29, 1.82) is 0 Å². The standard InChI is InChI=1S/C10H20N2O/c1-10(2,8-4-3-5-8)7-12-9(13)6-11/h8H,3-7,11H2,1-2H3,(H,12,13). The third-order valence-electron chi connectivity index (χ3n) is 3.14. The van der Waals surface area contributed by atoms with Crippen LogP contribution in [0.2, 0.25) is 0 Å². The zero-order valence-corrected chi connectivity index (χ0v) is 8.60. The average molecular weight is 184 g/mol. The van der Waals surface area contributed by atoms with E-state index < -0.39 is 0 Å². The number of hydrogen-bond acceptors (Lipinski definition) is 2. The van der Waals surface area contributed by atoms with E-state index in [1.807, 2.05) is 0 Å². The summed E-state index contributed by atoms with van der Waals surface area (Å²) < 4.78 is 0. The maximum absolute atomic E-state index is 11.0. The van der Waals surface area contributed by atoms with Crippen molar-refractivity contribution in [3.8, 4) is 0 Å². The first kappa shape index (κ1) is 10.5. The summed E-state index contributed by atoms with van der Waals surface area (Å²) >= 11 is 0. The van der Waals surface area contributed by atoms with Gasteiger partial charge in [0.25, 0.3) is 0 Å². The van der Waals surface area contributed by atoms with Crippen molar-refractivity contribution in [2.24, 2.45) is 17.1 Å². The molecule has 0 aromatic rings. The fourth-order valence-corrected chi connectivity index (χ4v) is 1.73. The molecule has 0 aromatic heterocycles. The lowest BCUT2D eigenvalue weighted by atomic mass is 9.67. The Labute approximate surface area is 80.1 Å². The molecule has 3 N–H and O–H groups in total. The molecule has 0 heterocycles. The normalized spacial score (nSPS) is 18.1. The number of hydrogen-bond donors (Lipinski definition) is 2. The summed E-state index contributed by atoms with van der Waals surface area (Å²) in [5, 5.41) is 2.86. The SMILES string of the molecule is CC(C)(CNC(=O)CN)C1CCC1. The predicted octanol–water partition coefficient (Wildman–Crippen LogP) is 0.888. The predicted molar refractivity (Wildman–Crippen MR) is 53.2 cm³/mol. The summed E-state index contributed by atoms with van der Waals surface area (Å²) in [5.41, 5.74) is 5.45. The fraction of sp³-hybridized carbons (Fsp3) is 0.900. The highest BCUT2D eigenvalue weighted by Gasteiger charge is 2.33. The summed E-state index contributed by atoms with van der Waals surface area (Å²) in [4.78, 5) is 11.0. The molecule has 0 spiro atoms. The van der Waals surface area contributed by atoms with Crippen molar-refractivity contribution in [2.75, 3.05) is 13.1 Å². The van der Waals surface area contributed by atoms with E-state index in [-0.39, 0.29) is 17.9 Å². The summed E-state index contributed by atoms with van der Waals surface area (Å²) in [6, 6.07) is 0. The van der Waals surface area contributed by atoms with E-state index >= 15 is 0 Å². The van der Waals surface area contributed by atoms with Crippen LogP contribution in [-0.2, 0) is 4.79 Å². The molecule has 0 unspecified atom stereocenters. The van der Waals surface area contributed by atoms with E-state index in [1.54, 1.807) is 0 Å². The minimum atomic E-state index is -0.0487. The van der Waals surface area contributed by atoms with E-state index in [2.05, 4.69) is 19.2 Å². The first-order valence-corrected chi connectivity index (χ1v) is 5.03. The Morgan fingerprint density at radius 2 is 2.15 bits per heavy atom. The lowest BCUT2D eigenvalue weighted by Crippen LogP contribution is -2.42. The lowest BCUT2D eigenvalue weighted by Gasteiger charge is -2.40. The van der Waals surface area contributed by atoms with Gasteiger partial charge in [-0.2, -0.15) is 0 Å². The van der Waals surface area contributed by atoms with Crippen LogP contribution in [0.5, 0.6) is 0 Å². The number of rotatable bonds is 4. The molecule has 76 valence electrons. The van der Waals surface area contributed by atoms with E-state index in [0.29, 0.717) is 0 Å². The molecule has 1 fully saturated rings. The lowest BCUT2D eigenvalue weighted by molar-refractivity contribution is -0.120. The molecule has 3 heteroatoms. The minimum Gasteiger partial charge on any atom is -0.354 e. The average Bonchev–Trinajstić information content (AvgIpc) is 1.96. The molecule has 1 aliphatic rings. The maximum Gasteiger partial charge on any atom is 0.233 e. The van der Waals surface area contributed by atoms with Crippen LogP contribution in [0.3, 0.4) is 0 Å². The minimum absolute atomic E-state index is 0.0487. The highest BCUT2D eigenvalue weighted by atomic mass is 16.1. The topological polar surface area (TPSA) is 55.1 Å². The van der Waals surface area contributed by atoms with E-state index in [9.17, 15) is 4.79 Å². The molecule has 0 aliphatic heterocycles. The molecule has 0 atom stereocenters. The molecule has 1 aliphatic carbocycles. The summed E-state index contributed by atoms with van der Waals surface area (Å²) in [6.45, 7) is 5.29. The number of carbonyl (C=O) groups is 1. The molecule has 0 aromatic carbocycles. The molecule has 1 saturated carbocycles. The molecular formula is C10H20N2O. The summed E-state index contributed by atoms with van der Waals surface area (Å²) in [7, 11) is 0. The van der Waals surface area contributed by atoms with Crippen LogP contribution in [0.4, 0.5) is 0 Å². The van der Waals surface area contributed by atoms with E-state index in [4.69, 9.17) is 5.73 Å². The Morgan fingerprint density at radius 1 is 1.54 bits per heavy atom. The molecule has 1 amide bonds. The Bertz CT molecular complexity index is 185. The first-order chi connectivity index (χ1) is 6.06. The quantitative estimate of drug-likeness (QED) is 0.681. The van der Waals surface area contributed by atoms with Crippen LogP contribution < -0.4 is 11.1 Å². The van der Waals surface area contributed by atoms with Gasteiger partial charge in [-0.05, 0) is 24.2 Å². The maximum atomic E-state index is 11.0. The molecule has 0 radical (unpaired) electrons. The molecule has 0 saturated heterocycles. The van der Waals surface area contributed by atoms with Crippen molar-refractivity contribution < 1.29 is 4.79 Å². The number of nitrogens with one attached hydrogen (secondary N) is 1. The zero-order valence-electron chi connectivity index (χ0n) is 8.60. The Hall–Kier alpha value is -0.570. The van der Waals surface area contributed by atoms with Gasteiger partial charge in [-0.15, -0.1) is 0 Å². The van der Waals surface area contributed by atoms with Gasteiger partial charge in [-0.3, -0.25) is 4.79 Å². The largest absolute Gasteiger partial charge is 0.354 e. The van der Waals surface area contributed by atoms with E-state index in [1.165, 1.54) is 19.3 Å². The van der Waals surface area contributed by atoms with Crippen LogP contribution in [0.1, 0.15) is 33.1 Å². The second kappa shape index (κ2) is 4.09. The Morgan fingerprint density at radius 3 is 2.54 bits per heavy atom. The first-order valence-electron chi connectivity index (χ1n) is 5.03. The van der Waals surface area contributed by atoms with Gasteiger partial charge in [0.2, 0.25) is 5.91 Å². The molecule has 13 heavy (non-hydrogen) atoms.